The third kappa shape index (κ3) is 1.64. The second-order valence-electron chi connectivity index (χ2n) is 3.60. The molecule has 0 N–H and O–H groups in total. The molecule has 0 saturated carbocycles. The first-order valence-electron chi connectivity index (χ1n) is 4.73. The van der Waals surface area contributed by atoms with Gasteiger partial charge in [0, 0.05) is 32.8 Å². The third-order valence-corrected chi connectivity index (χ3v) is 2.73. The van der Waals surface area contributed by atoms with Crippen LogP contribution in [0.4, 0.5) is 0 Å². The van der Waals surface area contributed by atoms with E-state index < -0.39 is 0 Å². The summed E-state index contributed by atoms with van der Waals surface area (Å²) in [5.74, 6) is 0.172. The molecule has 0 aliphatic carbocycles. The summed E-state index contributed by atoms with van der Waals surface area (Å²) in [5.41, 5.74) is 2.78. The van der Waals surface area contributed by atoms with E-state index in [0.717, 1.165) is 32.5 Å². The molecule has 0 aromatic rings. The van der Waals surface area contributed by atoms with Gasteiger partial charge in [0.05, 0.1) is 0 Å². The van der Waals surface area contributed by atoms with Crippen LogP contribution in [0.25, 0.3) is 0 Å². The quantitative estimate of drug-likeness (QED) is 0.545. The number of carbonyl (C=O) groups is 1. The van der Waals surface area contributed by atoms with Crippen molar-refractivity contribution in [1.82, 2.24) is 4.90 Å². The fourth-order valence-electron chi connectivity index (χ4n) is 1.89. The highest BCUT2D eigenvalue weighted by Crippen LogP contribution is 2.22. The standard InChI is InChI=1S/C10H14N2O/c1-8(13)12-5-3-9-2-4-11-6-10(9)7-12/h6H,2-5,7H2,1H3. The van der Waals surface area contributed by atoms with Crippen molar-refractivity contribution in [3.05, 3.63) is 11.1 Å². The van der Waals surface area contributed by atoms with Crippen LogP contribution in [0, 0.1) is 0 Å². The van der Waals surface area contributed by atoms with Gasteiger partial charge in [-0.15, -0.1) is 0 Å². The minimum absolute atomic E-state index is 0.172. The van der Waals surface area contributed by atoms with E-state index in [1.54, 1.807) is 6.92 Å². The number of carbonyl (C=O) groups excluding carboxylic acids is 1. The van der Waals surface area contributed by atoms with Gasteiger partial charge in [-0.25, -0.2) is 0 Å². The van der Waals surface area contributed by atoms with Gasteiger partial charge in [0.1, 0.15) is 0 Å². The Kier molecular flexibility index (Phi) is 2.17. The van der Waals surface area contributed by atoms with Crippen molar-refractivity contribution in [2.24, 2.45) is 4.99 Å². The van der Waals surface area contributed by atoms with Crippen molar-refractivity contribution >= 4 is 12.1 Å². The summed E-state index contributed by atoms with van der Waals surface area (Å²) < 4.78 is 0. The second-order valence-corrected chi connectivity index (χ2v) is 3.60. The Morgan fingerprint density at radius 2 is 2.38 bits per heavy atom. The Morgan fingerprint density at radius 3 is 3.15 bits per heavy atom. The number of dihydropyridines is 1. The molecule has 2 aliphatic heterocycles. The number of aliphatic imine (C=N–C) groups is 1. The lowest BCUT2D eigenvalue weighted by atomic mass is 9.96. The van der Waals surface area contributed by atoms with Crippen molar-refractivity contribution in [3.63, 3.8) is 0 Å². The maximum Gasteiger partial charge on any atom is 0.219 e. The zero-order valence-electron chi connectivity index (χ0n) is 7.92. The van der Waals surface area contributed by atoms with Gasteiger partial charge in [-0.3, -0.25) is 9.79 Å². The molecule has 0 spiro atoms. The van der Waals surface area contributed by atoms with E-state index in [2.05, 4.69) is 4.99 Å². The van der Waals surface area contributed by atoms with Crippen LogP contribution in [0.15, 0.2) is 16.1 Å². The van der Waals surface area contributed by atoms with Gasteiger partial charge in [-0.1, -0.05) is 5.57 Å². The zero-order chi connectivity index (χ0) is 9.26. The molecule has 3 nitrogen and oxygen atoms in total. The first-order valence-corrected chi connectivity index (χ1v) is 4.73. The Hall–Kier alpha value is -1.12. The number of nitrogens with zero attached hydrogens (tertiary/aromatic N) is 2. The van der Waals surface area contributed by atoms with Crippen molar-refractivity contribution in [1.29, 1.82) is 0 Å². The number of amides is 1. The molecule has 2 heterocycles. The smallest absolute Gasteiger partial charge is 0.219 e. The topological polar surface area (TPSA) is 32.7 Å². The van der Waals surface area contributed by atoms with Crippen LogP contribution >= 0.6 is 0 Å². The van der Waals surface area contributed by atoms with E-state index >= 15 is 0 Å². The Balaban J connectivity index is 2.14. The number of hydrogen-bond donors (Lipinski definition) is 0. The fraction of sp³-hybridized carbons (Fsp3) is 0.600. The molecule has 0 aromatic heterocycles. The molecule has 1 amide bonds. The molecule has 0 bridgehead atoms. The van der Waals surface area contributed by atoms with E-state index in [1.165, 1.54) is 11.1 Å². The van der Waals surface area contributed by atoms with E-state index in [9.17, 15) is 4.79 Å². The highest BCUT2D eigenvalue weighted by Gasteiger charge is 2.20. The lowest BCUT2D eigenvalue weighted by Gasteiger charge is -2.30. The van der Waals surface area contributed by atoms with Crippen molar-refractivity contribution in [2.45, 2.75) is 19.8 Å². The van der Waals surface area contributed by atoms with Crippen LogP contribution in [0.5, 0.6) is 0 Å². The van der Waals surface area contributed by atoms with Gasteiger partial charge in [0.2, 0.25) is 5.91 Å². The SMILES string of the molecule is CC(=O)N1CCC2=C(C=NCC2)C1. The Labute approximate surface area is 78.1 Å². The molecule has 2 aliphatic rings. The summed E-state index contributed by atoms with van der Waals surface area (Å²) in [6.45, 7) is 4.22. The lowest BCUT2D eigenvalue weighted by Crippen LogP contribution is -2.36. The molecule has 2 rings (SSSR count). The van der Waals surface area contributed by atoms with Crippen molar-refractivity contribution in [2.75, 3.05) is 19.6 Å². The van der Waals surface area contributed by atoms with E-state index in [4.69, 9.17) is 0 Å². The molecule has 0 fully saturated rings. The maximum atomic E-state index is 11.1. The van der Waals surface area contributed by atoms with Crippen LogP contribution in [0.3, 0.4) is 0 Å². The molecular formula is C10H14N2O. The molecule has 0 radical (unpaired) electrons. The summed E-state index contributed by atoms with van der Waals surface area (Å²) in [6, 6.07) is 0. The van der Waals surface area contributed by atoms with E-state index in [1.807, 2.05) is 11.1 Å². The number of hydrogen-bond acceptors (Lipinski definition) is 2. The van der Waals surface area contributed by atoms with E-state index in [-0.39, 0.29) is 5.91 Å². The van der Waals surface area contributed by atoms with Crippen molar-refractivity contribution < 1.29 is 4.79 Å². The van der Waals surface area contributed by atoms with Crippen LogP contribution in [-0.4, -0.2) is 36.7 Å². The van der Waals surface area contributed by atoms with Crippen LogP contribution in [0.2, 0.25) is 0 Å². The highest BCUT2D eigenvalue weighted by atomic mass is 16.2. The average Bonchev–Trinajstić information content (AvgIpc) is 2.17. The highest BCUT2D eigenvalue weighted by molar-refractivity contribution is 5.84. The van der Waals surface area contributed by atoms with Gasteiger partial charge < -0.3 is 4.90 Å². The van der Waals surface area contributed by atoms with Crippen LogP contribution in [-0.2, 0) is 4.79 Å². The normalized spacial score (nSPS) is 21.8. The largest absolute Gasteiger partial charge is 0.338 e. The summed E-state index contributed by atoms with van der Waals surface area (Å²) in [6.07, 6.45) is 4.08. The van der Waals surface area contributed by atoms with Crippen molar-refractivity contribution in [3.8, 4) is 0 Å². The summed E-state index contributed by atoms with van der Waals surface area (Å²) in [7, 11) is 0. The predicted octanol–water partition coefficient (Wildman–Crippen LogP) is 1.01. The second kappa shape index (κ2) is 3.32. The molecule has 70 valence electrons. The van der Waals surface area contributed by atoms with Gasteiger partial charge in [0.15, 0.2) is 0 Å². The number of rotatable bonds is 0. The minimum Gasteiger partial charge on any atom is -0.338 e. The molecule has 0 aromatic carbocycles. The average molecular weight is 178 g/mol. The summed E-state index contributed by atoms with van der Waals surface area (Å²) in [5, 5.41) is 0. The molecule has 0 saturated heterocycles. The summed E-state index contributed by atoms with van der Waals surface area (Å²) in [4.78, 5) is 17.3. The minimum atomic E-state index is 0.172. The zero-order valence-corrected chi connectivity index (χ0v) is 7.92. The first kappa shape index (κ1) is 8.48. The third-order valence-electron chi connectivity index (χ3n) is 2.73. The fourth-order valence-corrected chi connectivity index (χ4v) is 1.89. The summed E-state index contributed by atoms with van der Waals surface area (Å²) >= 11 is 0. The van der Waals surface area contributed by atoms with Gasteiger partial charge >= 0.3 is 0 Å². The van der Waals surface area contributed by atoms with Crippen LogP contribution in [0.1, 0.15) is 19.8 Å². The Morgan fingerprint density at radius 1 is 1.54 bits per heavy atom. The first-order chi connectivity index (χ1) is 6.27. The predicted molar refractivity (Wildman–Crippen MR) is 51.9 cm³/mol. The molecule has 13 heavy (non-hydrogen) atoms. The monoisotopic (exact) mass is 178 g/mol. The van der Waals surface area contributed by atoms with Crippen LogP contribution < -0.4 is 0 Å². The molecule has 0 unspecified atom stereocenters. The Bertz CT molecular complexity index is 291. The maximum absolute atomic E-state index is 11.1. The van der Waals surface area contributed by atoms with E-state index in [0.29, 0.717) is 0 Å². The lowest BCUT2D eigenvalue weighted by molar-refractivity contribution is -0.128. The molecular weight excluding hydrogens is 164 g/mol. The van der Waals surface area contributed by atoms with Gasteiger partial charge in [0.25, 0.3) is 0 Å². The molecule has 0 atom stereocenters. The van der Waals surface area contributed by atoms with Gasteiger partial charge in [-0.2, -0.15) is 0 Å². The molecule has 3 heteroatoms. The van der Waals surface area contributed by atoms with Gasteiger partial charge in [-0.05, 0) is 18.4 Å².